The van der Waals surface area contributed by atoms with Crippen molar-refractivity contribution in [2.75, 3.05) is 0 Å². The summed E-state index contributed by atoms with van der Waals surface area (Å²) in [5.41, 5.74) is -0.954. The van der Waals surface area contributed by atoms with Gasteiger partial charge in [-0.05, 0) is 6.42 Å². The zero-order valence-electron chi connectivity index (χ0n) is 7.32. The molecular weight excluding hydrogens is 200 g/mol. The van der Waals surface area contributed by atoms with Crippen LogP contribution in [-0.2, 0) is 0 Å². The first-order valence-electron chi connectivity index (χ1n) is 4.00. The molecule has 0 saturated heterocycles. The van der Waals surface area contributed by atoms with E-state index in [9.17, 15) is 17.6 Å². The van der Waals surface area contributed by atoms with Crippen LogP contribution in [0.3, 0.4) is 0 Å². The predicted molar refractivity (Wildman–Crippen MR) is 41.5 cm³/mol. The number of hydrogen-bond acceptors (Lipinski definition) is 1. The molecule has 0 saturated carbocycles. The van der Waals surface area contributed by atoms with Gasteiger partial charge >= 0.3 is 0 Å². The standard InChI is InChI=1S/C9H8F4O/c1-2-6(14)7-8(12)4(10)3-5(11)9(7)13/h3,6,14H,2H2,1H3. The number of halogens is 4. The van der Waals surface area contributed by atoms with E-state index in [1.165, 1.54) is 6.92 Å². The molecular formula is C9H8F4O. The average Bonchev–Trinajstić information content (AvgIpc) is 2.15. The molecule has 1 nitrogen and oxygen atoms in total. The Morgan fingerprint density at radius 1 is 1.14 bits per heavy atom. The van der Waals surface area contributed by atoms with Crippen LogP contribution in [0, 0.1) is 23.3 Å². The van der Waals surface area contributed by atoms with Crippen LogP contribution in [0.1, 0.15) is 25.0 Å². The van der Waals surface area contributed by atoms with Crippen LogP contribution in [0.5, 0.6) is 0 Å². The third-order valence-corrected chi connectivity index (χ3v) is 1.87. The lowest BCUT2D eigenvalue weighted by Crippen LogP contribution is -2.07. The Bertz CT molecular complexity index is 325. The Labute approximate surface area is 78.0 Å². The summed E-state index contributed by atoms with van der Waals surface area (Å²) in [5.74, 6) is -6.10. The van der Waals surface area contributed by atoms with E-state index in [4.69, 9.17) is 5.11 Å². The minimum Gasteiger partial charge on any atom is -0.388 e. The summed E-state index contributed by atoms with van der Waals surface area (Å²) in [4.78, 5) is 0. The summed E-state index contributed by atoms with van der Waals surface area (Å²) in [6.45, 7) is 1.44. The monoisotopic (exact) mass is 208 g/mol. The number of hydrogen-bond donors (Lipinski definition) is 1. The molecule has 1 aromatic rings. The van der Waals surface area contributed by atoms with E-state index in [-0.39, 0.29) is 12.5 Å². The third-order valence-electron chi connectivity index (χ3n) is 1.87. The number of benzene rings is 1. The van der Waals surface area contributed by atoms with Crippen LogP contribution < -0.4 is 0 Å². The summed E-state index contributed by atoms with van der Waals surface area (Å²) in [6, 6.07) is 0.108. The van der Waals surface area contributed by atoms with Crippen LogP contribution in [-0.4, -0.2) is 5.11 Å². The predicted octanol–water partition coefficient (Wildman–Crippen LogP) is 2.69. The molecule has 0 aliphatic rings. The number of aliphatic hydroxyl groups excluding tert-OH is 1. The normalized spacial score (nSPS) is 13.0. The molecule has 1 rings (SSSR count). The Hall–Kier alpha value is -1.10. The highest BCUT2D eigenvalue weighted by molar-refractivity contribution is 5.24. The molecule has 1 N–H and O–H groups in total. The van der Waals surface area contributed by atoms with Gasteiger partial charge < -0.3 is 5.11 Å². The lowest BCUT2D eigenvalue weighted by Gasteiger charge is -2.11. The van der Waals surface area contributed by atoms with Gasteiger partial charge in [0, 0.05) is 6.07 Å². The van der Waals surface area contributed by atoms with E-state index >= 15 is 0 Å². The summed E-state index contributed by atoms with van der Waals surface area (Å²) < 4.78 is 51.1. The fourth-order valence-electron chi connectivity index (χ4n) is 1.09. The minimum atomic E-state index is -1.54. The minimum absolute atomic E-state index is 0.0310. The molecule has 0 aromatic heterocycles. The molecule has 0 heterocycles. The van der Waals surface area contributed by atoms with Crippen molar-refractivity contribution >= 4 is 0 Å². The first kappa shape index (κ1) is 11.0. The van der Waals surface area contributed by atoms with Crippen molar-refractivity contribution in [1.29, 1.82) is 0 Å². The summed E-state index contributed by atoms with van der Waals surface area (Å²) in [5, 5.41) is 9.13. The van der Waals surface area contributed by atoms with Crippen molar-refractivity contribution in [3.05, 3.63) is 34.9 Å². The Balaban J connectivity index is 3.39. The molecule has 14 heavy (non-hydrogen) atoms. The Kier molecular flexibility index (Phi) is 3.10. The second kappa shape index (κ2) is 3.96. The van der Waals surface area contributed by atoms with Gasteiger partial charge in [0.1, 0.15) is 0 Å². The summed E-state index contributed by atoms with van der Waals surface area (Å²) >= 11 is 0. The molecule has 0 radical (unpaired) electrons. The molecule has 0 aliphatic carbocycles. The van der Waals surface area contributed by atoms with Gasteiger partial charge in [-0.3, -0.25) is 0 Å². The van der Waals surface area contributed by atoms with Crippen molar-refractivity contribution in [2.24, 2.45) is 0 Å². The largest absolute Gasteiger partial charge is 0.388 e. The van der Waals surface area contributed by atoms with Gasteiger partial charge in [0.2, 0.25) is 0 Å². The van der Waals surface area contributed by atoms with Crippen LogP contribution in [0.25, 0.3) is 0 Å². The molecule has 0 amide bonds. The zero-order chi connectivity index (χ0) is 10.9. The maximum absolute atomic E-state index is 12.9. The maximum atomic E-state index is 12.9. The van der Waals surface area contributed by atoms with Crippen LogP contribution >= 0.6 is 0 Å². The molecule has 5 heteroatoms. The molecule has 1 aromatic carbocycles. The van der Waals surface area contributed by atoms with Crippen molar-refractivity contribution in [2.45, 2.75) is 19.4 Å². The fraction of sp³-hybridized carbons (Fsp3) is 0.333. The summed E-state index contributed by atoms with van der Waals surface area (Å²) in [7, 11) is 0. The molecule has 1 unspecified atom stereocenters. The van der Waals surface area contributed by atoms with E-state index in [1.807, 2.05) is 0 Å². The topological polar surface area (TPSA) is 20.2 Å². The zero-order valence-corrected chi connectivity index (χ0v) is 7.32. The molecule has 0 fully saturated rings. The fourth-order valence-corrected chi connectivity index (χ4v) is 1.09. The maximum Gasteiger partial charge on any atom is 0.167 e. The van der Waals surface area contributed by atoms with E-state index < -0.39 is 34.9 Å². The first-order chi connectivity index (χ1) is 6.49. The Morgan fingerprint density at radius 3 is 1.93 bits per heavy atom. The van der Waals surface area contributed by atoms with E-state index in [2.05, 4.69) is 0 Å². The van der Waals surface area contributed by atoms with Gasteiger partial charge in [-0.1, -0.05) is 6.92 Å². The van der Waals surface area contributed by atoms with Gasteiger partial charge in [-0.25, -0.2) is 17.6 Å². The van der Waals surface area contributed by atoms with Crippen molar-refractivity contribution in [1.82, 2.24) is 0 Å². The Morgan fingerprint density at radius 2 is 1.57 bits per heavy atom. The second-order valence-corrected chi connectivity index (χ2v) is 2.81. The van der Waals surface area contributed by atoms with Crippen molar-refractivity contribution in [3.63, 3.8) is 0 Å². The van der Waals surface area contributed by atoms with E-state index in [1.54, 1.807) is 0 Å². The van der Waals surface area contributed by atoms with Crippen molar-refractivity contribution < 1.29 is 22.7 Å². The average molecular weight is 208 g/mol. The smallest absolute Gasteiger partial charge is 0.167 e. The quantitative estimate of drug-likeness (QED) is 0.585. The number of rotatable bonds is 2. The highest BCUT2D eigenvalue weighted by Gasteiger charge is 2.23. The van der Waals surface area contributed by atoms with Crippen molar-refractivity contribution in [3.8, 4) is 0 Å². The molecule has 0 spiro atoms. The molecule has 0 bridgehead atoms. The van der Waals surface area contributed by atoms with Crippen LogP contribution in [0.15, 0.2) is 6.07 Å². The number of aliphatic hydroxyl groups is 1. The van der Waals surface area contributed by atoms with Gasteiger partial charge in [0.25, 0.3) is 0 Å². The van der Waals surface area contributed by atoms with Crippen LogP contribution in [0.2, 0.25) is 0 Å². The second-order valence-electron chi connectivity index (χ2n) is 2.81. The molecule has 1 atom stereocenters. The third kappa shape index (κ3) is 1.72. The van der Waals surface area contributed by atoms with Gasteiger partial charge in [-0.2, -0.15) is 0 Å². The van der Waals surface area contributed by atoms with Gasteiger partial charge in [0.05, 0.1) is 11.7 Å². The highest BCUT2D eigenvalue weighted by atomic mass is 19.2. The van der Waals surface area contributed by atoms with Gasteiger partial charge in [0.15, 0.2) is 23.3 Å². The molecule has 78 valence electrons. The van der Waals surface area contributed by atoms with Gasteiger partial charge in [-0.15, -0.1) is 0 Å². The molecule has 0 aliphatic heterocycles. The lowest BCUT2D eigenvalue weighted by molar-refractivity contribution is 0.160. The van der Waals surface area contributed by atoms with Crippen LogP contribution in [0.4, 0.5) is 17.6 Å². The first-order valence-corrected chi connectivity index (χ1v) is 4.00. The SMILES string of the molecule is CCC(O)c1c(F)c(F)cc(F)c1F. The highest BCUT2D eigenvalue weighted by Crippen LogP contribution is 2.26. The van der Waals surface area contributed by atoms with E-state index in [0.29, 0.717) is 0 Å². The summed E-state index contributed by atoms with van der Waals surface area (Å²) in [6.07, 6.45) is -1.57. The van der Waals surface area contributed by atoms with E-state index in [0.717, 1.165) is 0 Å². The lowest BCUT2D eigenvalue weighted by atomic mass is 10.1.